The molecule has 0 aromatic rings. The van der Waals surface area contributed by atoms with Gasteiger partial charge in [-0.1, -0.05) is 12.2 Å². The van der Waals surface area contributed by atoms with Crippen LogP contribution in [0.3, 0.4) is 0 Å². The first-order valence-corrected chi connectivity index (χ1v) is 5.18. The van der Waals surface area contributed by atoms with Crippen LogP contribution in [0.15, 0.2) is 12.2 Å². The van der Waals surface area contributed by atoms with Crippen molar-refractivity contribution in [2.75, 3.05) is 33.0 Å². The number of fused-ring (bicyclic) bond motifs is 3. The average Bonchev–Trinajstić information content (AvgIpc) is 2.20. The van der Waals surface area contributed by atoms with E-state index in [4.69, 9.17) is 18.9 Å². The molecule has 0 aliphatic carbocycles. The predicted octanol–water partition coefficient (Wildman–Crippen LogP) is 1.32. The summed E-state index contributed by atoms with van der Waals surface area (Å²) in [6.07, 6.45) is 0. The summed E-state index contributed by atoms with van der Waals surface area (Å²) in [6, 6.07) is 0. The molecule has 4 heteroatoms. The van der Waals surface area contributed by atoms with E-state index < -0.39 is 5.97 Å². The fraction of sp³-hybridized carbons (Fsp3) is 0.818. The highest BCUT2D eigenvalue weighted by molar-refractivity contribution is 4.90. The van der Waals surface area contributed by atoms with Crippen molar-refractivity contribution in [3.63, 3.8) is 0 Å². The van der Waals surface area contributed by atoms with Gasteiger partial charge in [-0.05, 0) is 6.92 Å². The van der Waals surface area contributed by atoms with E-state index >= 15 is 0 Å². The van der Waals surface area contributed by atoms with Gasteiger partial charge in [0.15, 0.2) is 0 Å². The Kier molecular flexibility index (Phi) is 2.85. The molecular weight excluding hydrogens is 196 g/mol. The zero-order chi connectivity index (χ0) is 10.9. The van der Waals surface area contributed by atoms with E-state index in [1.807, 2.05) is 6.92 Å². The normalized spacial score (nSPS) is 39.3. The highest BCUT2D eigenvalue weighted by atomic mass is 16.9. The van der Waals surface area contributed by atoms with Crippen molar-refractivity contribution in [2.45, 2.75) is 19.8 Å². The molecule has 0 saturated carbocycles. The van der Waals surface area contributed by atoms with Gasteiger partial charge >= 0.3 is 0 Å². The topological polar surface area (TPSA) is 36.9 Å². The van der Waals surface area contributed by atoms with Crippen LogP contribution in [0.1, 0.15) is 13.8 Å². The van der Waals surface area contributed by atoms with Gasteiger partial charge in [-0.3, -0.25) is 0 Å². The van der Waals surface area contributed by atoms with E-state index in [-0.39, 0.29) is 5.41 Å². The summed E-state index contributed by atoms with van der Waals surface area (Å²) in [5, 5.41) is 0. The minimum Gasteiger partial charge on any atom is -0.376 e. The Hall–Kier alpha value is -0.420. The van der Waals surface area contributed by atoms with Crippen molar-refractivity contribution >= 4 is 0 Å². The molecular formula is C11H18O4. The van der Waals surface area contributed by atoms with Crippen LogP contribution >= 0.6 is 0 Å². The maximum atomic E-state index is 5.55. The van der Waals surface area contributed by atoms with Crippen molar-refractivity contribution < 1.29 is 18.9 Å². The molecule has 0 radical (unpaired) electrons. The van der Waals surface area contributed by atoms with E-state index in [1.54, 1.807) is 6.92 Å². The average molecular weight is 214 g/mol. The van der Waals surface area contributed by atoms with Crippen LogP contribution in [0.25, 0.3) is 0 Å². The third-order valence-corrected chi connectivity index (χ3v) is 2.68. The van der Waals surface area contributed by atoms with E-state index in [0.717, 1.165) is 5.57 Å². The highest BCUT2D eigenvalue weighted by Gasteiger charge is 2.50. The molecule has 0 unspecified atom stereocenters. The van der Waals surface area contributed by atoms with Gasteiger partial charge in [0.25, 0.3) is 5.97 Å². The summed E-state index contributed by atoms with van der Waals surface area (Å²) in [4.78, 5) is 0. The van der Waals surface area contributed by atoms with E-state index in [1.165, 1.54) is 0 Å². The van der Waals surface area contributed by atoms with Crippen LogP contribution in [0.4, 0.5) is 0 Å². The molecule has 3 aliphatic heterocycles. The van der Waals surface area contributed by atoms with Crippen molar-refractivity contribution in [3.05, 3.63) is 12.2 Å². The lowest BCUT2D eigenvalue weighted by Crippen LogP contribution is -2.60. The molecule has 15 heavy (non-hydrogen) atoms. The van der Waals surface area contributed by atoms with Crippen LogP contribution in [-0.4, -0.2) is 39.0 Å². The molecule has 0 aromatic carbocycles. The summed E-state index contributed by atoms with van der Waals surface area (Å²) in [7, 11) is 0. The van der Waals surface area contributed by atoms with Crippen LogP contribution < -0.4 is 0 Å². The standard InChI is InChI=1S/C11H18O4/c1-9(2)4-12-5-11-6-13-10(3,14-7-11)15-8-11/h1,4-8H2,2-3H3. The smallest absolute Gasteiger partial charge is 0.279 e. The molecule has 3 rings (SSSR count). The minimum atomic E-state index is -0.823. The van der Waals surface area contributed by atoms with Crippen molar-refractivity contribution in [1.82, 2.24) is 0 Å². The Bertz CT molecular complexity index is 237. The van der Waals surface area contributed by atoms with Gasteiger partial charge in [0.2, 0.25) is 0 Å². The van der Waals surface area contributed by atoms with Crippen molar-refractivity contribution in [1.29, 1.82) is 0 Å². The van der Waals surface area contributed by atoms with Gasteiger partial charge in [0.05, 0.1) is 38.4 Å². The fourth-order valence-corrected chi connectivity index (χ4v) is 1.67. The molecule has 0 N–H and O–H groups in total. The molecule has 0 amide bonds. The molecule has 0 aromatic heterocycles. The molecule has 4 nitrogen and oxygen atoms in total. The monoisotopic (exact) mass is 214 g/mol. The molecule has 3 heterocycles. The van der Waals surface area contributed by atoms with Gasteiger partial charge < -0.3 is 18.9 Å². The highest BCUT2D eigenvalue weighted by Crippen LogP contribution is 2.38. The lowest BCUT2D eigenvalue weighted by atomic mass is 9.90. The van der Waals surface area contributed by atoms with E-state index in [9.17, 15) is 0 Å². The van der Waals surface area contributed by atoms with Gasteiger partial charge in [0, 0.05) is 6.92 Å². The molecule has 2 bridgehead atoms. The Morgan fingerprint density at radius 1 is 1.27 bits per heavy atom. The van der Waals surface area contributed by atoms with Crippen LogP contribution in [0.2, 0.25) is 0 Å². The first kappa shape index (κ1) is 11.1. The Morgan fingerprint density at radius 2 is 1.80 bits per heavy atom. The van der Waals surface area contributed by atoms with Crippen LogP contribution in [0.5, 0.6) is 0 Å². The lowest BCUT2D eigenvalue weighted by Gasteiger charge is -2.50. The quantitative estimate of drug-likeness (QED) is 0.661. The maximum absolute atomic E-state index is 5.55. The zero-order valence-corrected chi connectivity index (χ0v) is 9.38. The number of rotatable bonds is 4. The molecule has 0 atom stereocenters. The van der Waals surface area contributed by atoms with Crippen molar-refractivity contribution in [2.24, 2.45) is 5.41 Å². The van der Waals surface area contributed by atoms with Crippen LogP contribution in [-0.2, 0) is 18.9 Å². The number of ether oxygens (including phenoxy) is 4. The molecule has 0 spiro atoms. The zero-order valence-electron chi connectivity index (χ0n) is 9.38. The second-order valence-corrected chi connectivity index (χ2v) is 4.68. The fourth-order valence-electron chi connectivity index (χ4n) is 1.67. The Labute approximate surface area is 90.1 Å². The third kappa shape index (κ3) is 2.39. The summed E-state index contributed by atoms with van der Waals surface area (Å²) >= 11 is 0. The molecule has 3 saturated heterocycles. The van der Waals surface area contributed by atoms with E-state index in [2.05, 4.69) is 6.58 Å². The Balaban J connectivity index is 1.84. The second-order valence-electron chi connectivity index (χ2n) is 4.68. The van der Waals surface area contributed by atoms with Gasteiger partial charge in [-0.25, -0.2) is 0 Å². The first-order chi connectivity index (χ1) is 7.04. The van der Waals surface area contributed by atoms with Gasteiger partial charge in [-0.15, -0.1) is 0 Å². The third-order valence-electron chi connectivity index (χ3n) is 2.68. The minimum absolute atomic E-state index is 0.132. The largest absolute Gasteiger partial charge is 0.376 e. The molecule has 3 aliphatic rings. The summed E-state index contributed by atoms with van der Waals surface area (Å²) < 4.78 is 22.0. The van der Waals surface area contributed by atoms with Crippen LogP contribution in [0, 0.1) is 5.41 Å². The summed E-state index contributed by atoms with van der Waals surface area (Å²) in [6.45, 7) is 10.6. The lowest BCUT2D eigenvalue weighted by molar-refractivity contribution is -0.462. The van der Waals surface area contributed by atoms with E-state index in [0.29, 0.717) is 33.0 Å². The predicted molar refractivity (Wildman–Crippen MR) is 54.3 cm³/mol. The first-order valence-electron chi connectivity index (χ1n) is 5.18. The number of hydrogen-bond donors (Lipinski definition) is 0. The van der Waals surface area contributed by atoms with Crippen molar-refractivity contribution in [3.8, 4) is 0 Å². The summed E-state index contributed by atoms with van der Waals surface area (Å²) in [5.74, 6) is -0.823. The van der Waals surface area contributed by atoms with Gasteiger partial charge in [-0.2, -0.15) is 0 Å². The van der Waals surface area contributed by atoms with Gasteiger partial charge in [0.1, 0.15) is 0 Å². The second kappa shape index (κ2) is 3.87. The summed E-state index contributed by atoms with van der Waals surface area (Å²) in [5.41, 5.74) is 0.887. The Morgan fingerprint density at radius 3 is 2.27 bits per heavy atom. The molecule has 3 fully saturated rings. The maximum Gasteiger partial charge on any atom is 0.279 e. The molecule has 86 valence electrons. The number of hydrogen-bond acceptors (Lipinski definition) is 4. The SMILES string of the molecule is C=C(C)COCC12COC(C)(OC1)OC2.